The molecule has 0 spiro atoms. The van der Waals surface area contributed by atoms with Gasteiger partial charge in [-0.05, 0) is 82.2 Å². The average molecular weight is 375 g/mol. The van der Waals surface area contributed by atoms with Crippen LogP contribution in [0.15, 0.2) is 18.2 Å². The average Bonchev–Trinajstić information content (AvgIpc) is 3.07. The van der Waals surface area contributed by atoms with Crippen LogP contribution in [0.25, 0.3) is 0 Å². The summed E-state index contributed by atoms with van der Waals surface area (Å²) in [5.41, 5.74) is 3.04. The fraction of sp³-hybridized carbons (Fsp3) is 0.600. The molecule has 3 rings (SSSR count). The first-order valence-electron chi connectivity index (χ1n) is 9.82. The van der Waals surface area contributed by atoms with Crippen molar-refractivity contribution in [2.75, 3.05) is 42.9 Å². The van der Waals surface area contributed by atoms with Crippen LogP contribution in [0.4, 0.5) is 11.4 Å². The monoisotopic (exact) mass is 374 g/mol. The van der Waals surface area contributed by atoms with E-state index < -0.39 is 0 Å². The summed E-state index contributed by atoms with van der Waals surface area (Å²) in [7, 11) is 0. The van der Waals surface area contributed by atoms with Gasteiger partial charge in [-0.25, -0.2) is 0 Å². The van der Waals surface area contributed by atoms with Crippen LogP contribution < -0.4 is 15.5 Å². The quantitative estimate of drug-likeness (QED) is 0.591. The molecule has 26 heavy (non-hydrogen) atoms. The first kappa shape index (κ1) is 19.1. The molecule has 1 aromatic rings. The second-order valence-electron chi connectivity index (χ2n) is 7.29. The van der Waals surface area contributed by atoms with Crippen molar-refractivity contribution in [3.8, 4) is 0 Å². The van der Waals surface area contributed by atoms with Gasteiger partial charge in [-0.2, -0.15) is 0 Å². The highest BCUT2D eigenvalue weighted by molar-refractivity contribution is 7.80. The number of benzene rings is 1. The number of amides is 1. The Labute approximate surface area is 162 Å². The number of likely N-dealkylation sites (tertiary alicyclic amines) is 1. The summed E-state index contributed by atoms with van der Waals surface area (Å²) in [6.45, 7) is 7.35. The van der Waals surface area contributed by atoms with Crippen molar-refractivity contribution in [3.63, 3.8) is 0 Å². The lowest BCUT2D eigenvalue weighted by molar-refractivity contribution is -0.117. The van der Waals surface area contributed by atoms with Gasteiger partial charge in [0.25, 0.3) is 0 Å². The number of hydrogen-bond donors (Lipinski definition) is 2. The fourth-order valence-corrected chi connectivity index (χ4v) is 3.96. The van der Waals surface area contributed by atoms with E-state index in [0.717, 1.165) is 49.4 Å². The van der Waals surface area contributed by atoms with E-state index in [0.29, 0.717) is 11.5 Å². The molecule has 1 amide bonds. The zero-order valence-corrected chi connectivity index (χ0v) is 16.5. The van der Waals surface area contributed by atoms with E-state index in [1.165, 1.54) is 32.4 Å². The molecule has 2 saturated heterocycles. The summed E-state index contributed by atoms with van der Waals surface area (Å²) in [6.07, 6.45) is 6.74. The number of thiocarbonyl (C=S) groups is 1. The summed E-state index contributed by atoms with van der Waals surface area (Å²) in [5, 5.41) is 7.20. The third kappa shape index (κ3) is 5.17. The molecule has 0 aromatic heterocycles. The minimum absolute atomic E-state index is 0.212. The highest BCUT2D eigenvalue weighted by Crippen LogP contribution is 2.28. The zero-order chi connectivity index (χ0) is 18.4. The van der Waals surface area contributed by atoms with Crippen LogP contribution >= 0.6 is 12.2 Å². The van der Waals surface area contributed by atoms with Crippen LogP contribution in [-0.2, 0) is 4.79 Å². The van der Waals surface area contributed by atoms with Gasteiger partial charge in [0, 0.05) is 30.9 Å². The van der Waals surface area contributed by atoms with E-state index in [9.17, 15) is 4.79 Å². The Morgan fingerprint density at radius 3 is 2.69 bits per heavy atom. The van der Waals surface area contributed by atoms with Gasteiger partial charge in [0.15, 0.2) is 5.11 Å². The van der Waals surface area contributed by atoms with Crippen LogP contribution in [0.1, 0.15) is 44.1 Å². The van der Waals surface area contributed by atoms with Crippen molar-refractivity contribution in [3.05, 3.63) is 23.8 Å². The largest absolute Gasteiger partial charge is 0.362 e. The number of nitrogens with zero attached hydrogens (tertiary/aromatic N) is 2. The maximum atomic E-state index is 12.0. The predicted molar refractivity (Wildman–Crippen MR) is 112 cm³/mol. The van der Waals surface area contributed by atoms with E-state index in [1.54, 1.807) is 0 Å². The van der Waals surface area contributed by atoms with Gasteiger partial charge in [-0.15, -0.1) is 0 Å². The van der Waals surface area contributed by atoms with Crippen molar-refractivity contribution < 1.29 is 4.79 Å². The molecule has 5 nitrogen and oxygen atoms in total. The minimum atomic E-state index is 0.212. The van der Waals surface area contributed by atoms with Crippen LogP contribution in [0.5, 0.6) is 0 Å². The number of carbonyl (C=O) groups is 1. The molecule has 0 atom stereocenters. The molecule has 0 unspecified atom stereocenters. The number of piperidine rings is 1. The molecule has 2 aliphatic rings. The lowest BCUT2D eigenvalue weighted by atomic mass is 10.1. The summed E-state index contributed by atoms with van der Waals surface area (Å²) < 4.78 is 0. The van der Waals surface area contributed by atoms with Crippen molar-refractivity contribution in [2.24, 2.45) is 0 Å². The normalized spacial score (nSPS) is 18.2. The molecule has 142 valence electrons. The van der Waals surface area contributed by atoms with Crippen molar-refractivity contribution in [2.45, 2.75) is 45.4 Å². The number of carbonyl (C=O) groups excluding carboxylic acids is 1. The Morgan fingerprint density at radius 2 is 1.96 bits per heavy atom. The molecule has 0 bridgehead atoms. The second kappa shape index (κ2) is 9.33. The van der Waals surface area contributed by atoms with Crippen molar-refractivity contribution in [1.82, 2.24) is 10.2 Å². The zero-order valence-electron chi connectivity index (χ0n) is 15.7. The van der Waals surface area contributed by atoms with Gasteiger partial charge in [0.05, 0.1) is 0 Å². The van der Waals surface area contributed by atoms with Crippen LogP contribution in [0.2, 0.25) is 0 Å². The molecular formula is C20H30N4OS. The molecular weight excluding hydrogens is 344 g/mol. The first-order chi connectivity index (χ1) is 12.6. The SMILES string of the molecule is Cc1ccc(NC(=S)NCCCN2CCCCC2)cc1N1CCCC1=O. The molecule has 0 aliphatic carbocycles. The molecule has 1 aromatic carbocycles. The molecule has 0 radical (unpaired) electrons. The standard InChI is InChI=1S/C20H30N4OS/c1-16-8-9-17(15-18(16)24-14-5-7-19(24)25)22-20(26)21-10-6-13-23-11-3-2-4-12-23/h8-9,15H,2-7,10-14H2,1H3,(H2,21,22,26). The molecule has 2 heterocycles. The molecule has 2 fully saturated rings. The van der Waals surface area contributed by atoms with Crippen LogP contribution in [0, 0.1) is 6.92 Å². The Bertz CT molecular complexity index is 643. The number of anilines is 2. The fourth-order valence-electron chi connectivity index (χ4n) is 3.74. The number of nitrogens with one attached hydrogen (secondary N) is 2. The third-order valence-corrected chi connectivity index (χ3v) is 5.46. The second-order valence-corrected chi connectivity index (χ2v) is 7.70. The van der Waals surface area contributed by atoms with Gasteiger partial charge in [0.2, 0.25) is 5.91 Å². The number of rotatable bonds is 6. The number of aryl methyl sites for hydroxylation is 1. The third-order valence-electron chi connectivity index (χ3n) is 5.22. The highest BCUT2D eigenvalue weighted by atomic mass is 32.1. The number of hydrogen-bond acceptors (Lipinski definition) is 3. The summed E-state index contributed by atoms with van der Waals surface area (Å²) in [5.74, 6) is 0.212. The van der Waals surface area contributed by atoms with Gasteiger partial charge >= 0.3 is 0 Å². The maximum Gasteiger partial charge on any atom is 0.227 e. The van der Waals surface area contributed by atoms with Gasteiger partial charge in [0.1, 0.15) is 0 Å². The van der Waals surface area contributed by atoms with E-state index >= 15 is 0 Å². The Morgan fingerprint density at radius 1 is 1.15 bits per heavy atom. The molecule has 6 heteroatoms. The Kier molecular flexibility index (Phi) is 6.86. The van der Waals surface area contributed by atoms with E-state index in [-0.39, 0.29) is 5.91 Å². The first-order valence-corrected chi connectivity index (χ1v) is 10.2. The smallest absolute Gasteiger partial charge is 0.227 e. The predicted octanol–water partition coefficient (Wildman–Crippen LogP) is 3.28. The van der Waals surface area contributed by atoms with Crippen molar-refractivity contribution >= 4 is 34.6 Å². The maximum absolute atomic E-state index is 12.0. The van der Waals surface area contributed by atoms with Gasteiger partial charge < -0.3 is 20.4 Å². The Hall–Kier alpha value is -1.66. The van der Waals surface area contributed by atoms with Gasteiger partial charge in [-0.1, -0.05) is 12.5 Å². The topological polar surface area (TPSA) is 47.6 Å². The molecule has 2 N–H and O–H groups in total. The summed E-state index contributed by atoms with van der Waals surface area (Å²) >= 11 is 5.42. The minimum Gasteiger partial charge on any atom is -0.362 e. The van der Waals surface area contributed by atoms with E-state index in [2.05, 4.69) is 15.5 Å². The van der Waals surface area contributed by atoms with E-state index in [4.69, 9.17) is 12.2 Å². The van der Waals surface area contributed by atoms with Gasteiger partial charge in [-0.3, -0.25) is 4.79 Å². The van der Waals surface area contributed by atoms with Crippen molar-refractivity contribution in [1.29, 1.82) is 0 Å². The Balaban J connectivity index is 1.45. The summed E-state index contributed by atoms with van der Waals surface area (Å²) in [6, 6.07) is 6.09. The lowest BCUT2D eigenvalue weighted by Gasteiger charge is -2.26. The molecule has 0 saturated carbocycles. The highest BCUT2D eigenvalue weighted by Gasteiger charge is 2.23. The van der Waals surface area contributed by atoms with Crippen LogP contribution in [-0.4, -0.2) is 48.6 Å². The van der Waals surface area contributed by atoms with E-state index in [1.807, 2.05) is 30.0 Å². The van der Waals surface area contributed by atoms with Crippen LogP contribution in [0.3, 0.4) is 0 Å². The summed E-state index contributed by atoms with van der Waals surface area (Å²) in [4.78, 5) is 16.5. The molecule has 2 aliphatic heterocycles. The lowest BCUT2D eigenvalue weighted by Crippen LogP contribution is -2.34.